The number of piperazine rings is 1. The molecule has 0 saturated carbocycles. The van der Waals surface area contributed by atoms with Crippen molar-refractivity contribution < 1.29 is 22.4 Å². The van der Waals surface area contributed by atoms with E-state index in [0.717, 1.165) is 11.3 Å². The lowest BCUT2D eigenvalue weighted by atomic mass is 10.1. The van der Waals surface area contributed by atoms with Gasteiger partial charge in [0.05, 0.1) is 10.6 Å². The molecular weight excluding hydrogens is 462 g/mol. The average molecular weight is 480 g/mol. The number of benzene rings is 1. The predicted molar refractivity (Wildman–Crippen MR) is 117 cm³/mol. The van der Waals surface area contributed by atoms with E-state index in [1.54, 1.807) is 34.1 Å². The largest absolute Gasteiger partial charge is 0.459 e. The van der Waals surface area contributed by atoms with Crippen LogP contribution in [0.4, 0.5) is 5.69 Å². The fourth-order valence-corrected chi connectivity index (χ4v) is 5.72. The van der Waals surface area contributed by atoms with Gasteiger partial charge in [0.15, 0.2) is 5.76 Å². The Kier molecular flexibility index (Phi) is 6.03. The quantitative estimate of drug-likeness (QED) is 0.604. The van der Waals surface area contributed by atoms with Crippen LogP contribution >= 0.6 is 22.9 Å². The fraction of sp³-hybridized carbons (Fsp3) is 0.200. The molecule has 3 aromatic rings. The molecule has 0 aliphatic carbocycles. The summed E-state index contributed by atoms with van der Waals surface area (Å²) in [6.07, 6.45) is 1.45. The average Bonchev–Trinajstić information content (AvgIpc) is 3.45. The Balaban J connectivity index is 1.36. The molecule has 1 N–H and O–H groups in total. The standard InChI is InChI=1S/C20H18ClN3O5S2/c21-17-7-8-18(30-17)31(27,28)22-15-5-3-14(4-6-15)19(25)23-9-11-24(12-10-23)20(26)16-2-1-13-29-16/h1-8,13,22H,9-12H2. The highest BCUT2D eigenvalue weighted by atomic mass is 35.5. The summed E-state index contributed by atoms with van der Waals surface area (Å²) in [5.41, 5.74) is 0.780. The van der Waals surface area contributed by atoms with Crippen molar-refractivity contribution >= 4 is 50.5 Å². The van der Waals surface area contributed by atoms with E-state index in [0.29, 0.717) is 41.8 Å². The summed E-state index contributed by atoms with van der Waals surface area (Å²) in [7, 11) is -3.74. The molecule has 1 saturated heterocycles. The first-order valence-corrected chi connectivity index (χ1v) is 12.0. The molecular formula is C20H18ClN3O5S2. The number of furan rings is 1. The van der Waals surface area contributed by atoms with Crippen molar-refractivity contribution in [3.63, 3.8) is 0 Å². The summed E-state index contributed by atoms with van der Waals surface area (Å²) >= 11 is 6.77. The number of halogens is 1. The third kappa shape index (κ3) is 4.76. The van der Waals surface area contributed by atoms with Gasteiger partial charge in [0.2, 0.25) is 0 Å². The molecule has 2 aromatic heterocycles. The lowest BCUT2D eigenvalue weighted by Crippen LogP contribution is -2.50. The highest BCUT2D eigenvalue weighted by molar-refractivity contribution is 7.94. The van der Waals surface area contributed by atoms with Crippen molar-refractivity contribution in [2.45, 2.75) is 4.21 Å². The molecule has 4 rings (SSSR count). The highest BCUT2D eigenvalue weighted by Gasteiger charge is 2.26. The first-order chi connectivity index (χ1) is 14.8. The molecule has 1 aliphatic rings. The van der Waals surface area contributed by atoms with Crippen molar-refractivity contribution in [1.82, 2.24) is 9.80 Å². The van der Waals surface area contributed by atoms with Crippen molar-refractivity contribution in [1.29, 1.82) is 0 Å². The molecule has 1 aromatic carbocycles. The number of carbonyl (C=O) groups is 2. The second-order valence-corrected chi connectivity index (χ2v) is 10.4. The van der Waals surface area contributed by atoms with Gasteiger partial charge in [0.25, 0.3) is 21.8 Å². The van der Waals surface area contributed by atoms with Gasteiger partial charge in [-0.2, -0.15) is 0 Å². The van der Waals surface area contributed by atoms with Crippen LogP contribution in [-0.2, 0) is 10.0 Å². The smallest absolute Gasteiger partial charge is 0.289 e. The van der Waals surface area contributed by atoms with Crippen LogP contribution in [0, 0.1) is 0 Å². The van der Waals surface area contributed by atoms with Crippen LogP contribution in [0.15, 0.2) is 63.4 Å². The minimum atomic E-state index is -3.74. The number of carbonyl (C=O) groups excluding carboxylic acids is 2. The summed E-state index contributed by atoms with van der Waals surface area (Å²) in [6, 6.07) is 12.4. The summed E-state index contributed by atoms with van der Waals surface area (Å²) in [5, 5.41) is 0. The van der Waals surface area contributed by atoms with E-state index in [4.69, 9.17) is 16.0 Å². The van der Waals surface area contributed by atoms with E-state index in [1.165, 1.54) is 30.5 Å². The predicted octanol–water partition coefficient (Wildman–Crippen LogP) is 3.39. The van der Waals surface area contributed by atoms with Crippen LogP contribution in [0.2, 0.25) is 4.34 Å². The molecule has 0 radical (unpaired) electrons. The molecule has 11 heteroatoms. The fourth-order valence-electron chi connectivity index (χ4n) is 3.18. The van der Waals surface area contributed by atoms with E-state index in [-0.39, 0.29) is 21.8 Å². The molecule has 0 bridgehead atoms. The normalized spacial score (nSPS) is 14.5. The zero-order valence-electron chi connectivity index (χ0n) is 16.2. The maximum atomic E-state index is 12.8. The first kappa shape index (κ1) is 21.4. The SMILES string of the molecule is O=C(c1ccc(NS(=O)(=O)c2ccc(Cl)s2)cc1)N1CCN(C(=O)c2ccco2)CC1. The Morgan fingerprint density at radius 2 is 1.58 bits per heavy atom. The Morgan fingerprint density at radius 3 is 2.13 bits per heavy atom. The number of amides is 2. The first-order valence-electron chi connectivity index (χ1n) is 9.34. The van der Waals surface area contributed by atoms with Gasteiger partial charge in [-0.3, -0.25) is 14.3 Å². The number of sulfonamides is 1. The van der Waals surface area contributed by atoms with Gasteiger partial charge in [0.1, 0.15) is 4.21 Å². The van der Waals surface area contributed by atoms with Crippen molar-refractivity contribution in [2.75, 3.05) is 30.9 Å². The molecule has 31 heavy (non-hydrogen) atoms. The van der Waals surface area contributed by atoms with Crippen LogP contribution in [0.25, 0.3) is 0 Å². The molecule has 1 aliphatic heterocycles. The monoisotopic (exact) mass is 479 g/mol. The van der Waals surface area contributed by atoms with Crippen molar-refractivity contribution in [3.05, 3.63) is 70.5 Å². The molecule has 8 nitrogen and oxygen atoms in total. The number of thiophene rings is 1. The number of nitrogens with one attached hydrogen (secondary N) is 1. The van der Waals surface area contributed by atoms with Gasteiger partial charge in [-0.25, -0.2) is 8.42 Å². The Bertz CT molecular complexity index is 1180. The maximum absolute atomic E-state index is 12.8. The Morgan fingerprint density at radius 1 is 0.935 bits per heavy atom. The van der Waals surface area contributed by atoms with E-state index in [1.807, 2.05) is 0 Å². The summed E-state index contributed by atoms with van der Waals surface area (Å²) in [4.78, 5) is 28.4. The second-order valence-electron chi connectivity index (χ2n) is 6.80. The molecule has 0 spiro atoms. The Labute approximate surface area is 188 Å². The van der Waals surface area contributed by atoms with Gasteiger partial charge >= 0.3 is 0 Å². The van der Waals surface area contributed by atoms with E-state index in [2.05, 4.69) is 4.72 Å². The van der Waals surface area contributed by atoms with E-state index < -0.39 is 10.0 Å². The lowest BCUT2D eigenvalue weighted by molar-refractivity contribution is 0.0518. The van der Waals surface area contributed by atoms with Gasteiger partial charge in [0, 0.05) is 37.4 Å². The zero-order chi connectivity index (χ0) is 22.0. The zero-order valence-corrected chi connectivity index (χ0v) is 18.5. The molecule has 162 valence electrons. The molecule has 0 atom stereocenters. The topological polar surface area (TPSA) is 99.9 Å². The van der Waals surface area contributed by atoms with Crippen LogP contribution in [0.3, 0.4) is 0 Å². The number of rotatable bonds is 5. The summed E-state index contributed by atoms with van der Waals surface area (Å²) in [5.74, 6) is -0.0899. The maximum Gasteiger partial charge on any atom is 0.289 e. The molecule has 3 heterocycles. The van der Waals surface area contributed by atoms with Crippen LogP contribution < -0.4 is 4.72 Å². The highest BCUT2D eigenvalue weighted by Crippen LogP contribution is 2.27. The van der Waals surface area contributed by atoms with Crippen LogP contribution in [0.1, 0.15) is 20.9 Å². The number of nitrogens with zero attached hydrogens (tertiary/aromatic N) is 2. The third-order valence-corrected chi connectivity index (χ3v) is 7.89. The van der Waals surface area contributed by atoms with E-state index >= 15 is 0 Å². The number of hydrogen-bond donors (Lipinski definition) is 1. The minimum absolute atomic E-state index is 0.111. The van der Waals surface area contributed by atoms with E-state index in [9.17, 15) is 18.0 Å². The van der Waals surface area contributed by atoms with Crippen molar-refractivity contribution in [2.24, 2.45) is 0 Å². The summed E-state index contributed by atoms with van der Waals surface area (Å²) in [6.45, 7) is 1.62. The van der Waals surface area contributed by atoms with Crippen LogP contribution in [-0.4, -0.2) is 56.2 Å². The number of hydrogen-bond acceptors (Lipinski definition) is 6. The number of anilines is 1. The minimum Gasteiger partial charge on any atom is -0.459 e. The Hall–Kier alpha value is -2.82. The summed E-state index contributed by atoms with van der Waals surface area (Å²) < 4.78 is 32.9. The van der Waals surface area contributed by atoms with Crippen LogP contribution in [0.5, 0.6) is 0 Å². The molecule has 0 unspecified atom stereocenters. The molecule has 1 fully saturated rings. The van der Waals surface area contributed by atoms with Gasteiger partial charge in [-0.15, -0.1) is 11.3 Å². The second kappa shape index (κ2) is 8.74. The third-order valence-electron chi connectivity index (χ3n) is 4.78. The van der Waals surface area contributed by atoms with Gasteiger partial charge < -0.3 is 14.2 Å². The van der Waals surface area contributed by atoms with Crippen molar-refractivity contribution in [3.8, 4) is 0 Å². The van der Waals surface area contributed by atoms with Gasteiger partial charge in [-0.1, -0.05) is 11.6 Å². The molecule has 2 amide bonds. The van der Waals surface area contributed by atoms with Gasteiger partial charge in [-0.05, 0) is 48.5 Å². The lowest BCUT2D eigenvalue weighted by Gasteiger charge is -2.34.